The monoisotopic (exact) mass is 518 g/mol. The van der Waals surface area contributed by atoms with Gasteiger partial charge >= 0.3 is 11.9 Å². The van der Waals surface area contributed by atoms with Crippen molar-refractivity contribution in [2.24, 2.45) is 0 Å². The van der Waals surface area contributed by atoms with Gasteiger partial charge in [-0.25, -0.2) is 4.79 Å². The summed E-state index contributed by atoms with van der Waals surface area (Å²) in [7, 11) is 0. The second-order valence-electron chi connectivity index (χ2n) is 8.43. The Kier molecular flexibility index (Phi) is 9.99. The summed E-state index contributed by atoms with van der Waals surface area (Å²) in [4.78, 5) is 47.8. The van der Waals surface area contributed by atoms with Crippen LogP contribution >= 0.6 is 0 Å². The van der Waals surface area contributed by atoms with E-state index in [1.807, 2.05) is 32.0 Å². The molecule has 3 aromatic rings. The minimum Gasteiger partial charge on any atom is -0.462 e. The Hall–Kier alpha value is -4.66. The highest BCUT2D eigenvalue weighted by molar-refractivity contribution is 5.95. The van der Waals surface area contributed by atoms with Gasteiger partial charge in [0.05, 0.1) is 18.6 Å². The Morgan fingerprint density at radius 3 is 1.92 bits per heavy atom. The summed E-state index contributed by atoms with van der Waals surface area (Å²) in [5.41, 5.74) is 3.67. The number of aryl methyl sites for hydroxylation is 2. The van der Waals surface area contributed by atoms with Gasteiger partial charge in [0.25, 0.3) is 5.91 Å². The molecule has 0 aliphatic carbocycles. The fourth-order valence-electron chi connectivity index (χ4n) is 3.28. The van der Waals surface area contributed by atoms with E-state index in [1.54, 1.807) is 43.3 Å². The number of rotatable bonds is 11. The molecule has 2 amide bonds. The molecule has 0 unspecified atom stereocenters. The van der Waals surface area contributed by atoms with Crippen LogP contribution in [-0.4, -0.2) is 37.0 Å². The van der Waals surface area contributed by atoms with E-state index in [2.05, 4.69) is 10.6 Å². The number of hydrogen-bond donors (Lipinski definition) is 2. The molecule has 0 bridgehead atoms. The summed E-state index contributed by atoms with van der Waals surface area (Å²) in [6.45, 7) is 5.53. The van der Waals surface area contributed by atoms with Gasteiger partial charge in [-0.05, 0) is 92.6 Å². The third-order valence-electron chi connectivity index (χ3n) is 5.45. The summed E-state index contributed by atoms with van der Waals surface area (Å²) in [5, 5.41) is 5.27. The maximum atomic E-state index is 12.2. The molecule has 0 aliphatic rings. The van der Waals surface area contributed by atoms with Crippen LogP contribution in [0.4, 0.5) is 11.4 Å². The Morgan fingerprint density at radius 2 is 1.29 bits per heavy atom. The molecule has 9 heteroatoms. The molecule has 2 N–H and O–H groups in total. The van der Waals surface area contributed by atoms with Crippen molar-refractivity contribution >= 4 is 35.1 Å². The van der Waals surface area contributed by atoms with Gasteiger partial charge in [-0.3, -0.25) is 14.4 Å². The summed E-state index contributed by atoms with van der Waals surface area (Å²) >= 11 is 0. The molecule has 3 rings (SSSR count). The highest BCUT2D eigenvalue weighted by Gasteiger charge is 2.12. The van der Waals surface area contributed by atoms with E-state index in [4.69, 9.17) is 14.2 Å². The summed E-state index contributed by atoms with van der Waals surface area (Å²) in [5.74, 6) is -0.689. The minimum atomic E-state index is -0.676. The molecular weight excluding hydrogens is 488 g/mol. The van der Waals surface area contributed by atoms with E-state index in [1.165, 1.54) is 17.7 Å². The zero-order chi connectivity index (χ0) is 27.5. The van der Waals surface area contributed by atoms with Gasteiger partial charge in [-0.15, -0.1) is 0 Å². The molecular formula is C29H30N2O7. The maximum absolute atomic E-state index is 12.2. The molecule has 0 aliphatic heterocycles. The van der Waals surface area contributed by atoms with Crippen molar-refractivity contribution in [3.8, 4) is 11.5 Å². The average molecular weight is 519 g/mol. The number of amides is 2. The third-order valence-corrected chi connectivity index (χ3v) is 5.45. The molecule has 198 valence electrons. The molecule has 0 saturated carbocycles. The van der Waals surface area contributed by atoms with Crippen LogP contribution in [0.1, 0.15) is 41.3 Å². The predicted octanol–water partition coefficient (Wildman–Crippen LogP) is 5.17. The van der Waals surface area contributed by atoms with Gasteiger partial charge in [-0.1, -0.05) is 6.07 Å². The Balaban J connectivity index is 1.36. The molecule has 0 spiro atoms. The predicted molar refractivity (Wildman–Crippen MR) is 142 cm³/mol. The van der Waals surface area contributed by atoms with Gasteiger partial charge in [0.15, 0.2) is 6.61 Å². The molecule has 0 aromatic heterocycles. The van der Waals surface area contributed by atoms with E-state index in [-0.39, 0.29) is 25.4 Å². The van der Waals surface area contributed by atoms with Crippen LogP contribution in [0.2, 0.25) is 0 Å². The SMILES string of the molecule is CCOC(=O)c1ccc(NC(=O)COC(=O)CCC(=O)Nc2ccc(Oc3ccc(C)c(C)c3)cc2)cc1. The first-order chi connectivity index (χ1) is 18.2. The van der Waals surface area contributed by atoms with Gasteiger partial charge in [0.2, 0.25) is 5.91 Å². The molecule has 0 fully saturated rings. The van der Waals surface area contributed by atoms with Crippen LogP contribution in [0.25, 0.3) is 0 Å². The molecule has 0 heterocycles. The van der Waals surface area contributed by atoms with E-state index >= 15 is 0 Å². The molecule has 9 nitrogen and oxygen atoms in total. The van der Waals surface area contributed by atoms with E-state index in [9.17, 15) is 19.2 Å². The lowest BCUT2D eigenvalue weighted by atomic mass is 10.1. The summed E-state index contributed by atoms with van der Waals surface area (Å²) < 4.78 is 15.7. The second kappa shape index (κ2) is 13.6. The van der Waals surface area contributed by atoms with Crippen LogP contribution in [0.3, 0.4) is 0 Å². The zero-order valence-electron chi connectivity index (χ0n) is 21.5. The topological polar surface area (TPSA) is 120 Å². The highest BCUT2D eigenvalue weighted by Crippen LogP contribution is 2.25. The van der Waals surface area contributed by atoms with Crippen molar-refractivity contribution in [2.45, 2.75) is 33.6 Å². The molecule has 0 saturated heterocycles. The zero-order valence-corrected chi connectivity index (χ0v) is 21.5. The van der Waals surface area contributed by atoms with Crippen molar-refractivity contribution in [1.82, 2.24) is 0 Å². The van der Waals surface area contributed by atoms with Crippen molar-refractivity contribution in [2.75, 3.05) is 23.8 Å². The summed E-state index contributed by atoms with van der Waals surface area (Å²) in [6, 6.07) is 18.8. The Bertz CT molecular complexity index is 1290. The quantitative estimate of drug-likeness (QED) is 0.336. The molecule has 3 aromatic carbocycles. The van der Waals surface area contributed by atoms with Crippen LogP contribution in [0.5, 0.6) is 11.5 Å². The van der Waals surface area contributed by atoms with Gasteiger partial charge in [0, 0.05) is 17.8 Å². The van der Waals surface area contributed by atoms with Crippen molar-refractivity contribution in [3.05, 3.63) is 83.4 Å². The first-order valence-electron chi connectivity index (χ1n) is 12.1. The van der Waals surface area contributed by atoms with Crippen molar-refractivity contribution in [3.63, 3.8) is 0 Å². The van der Waals surface area contributed by atoms with Gasteiger partial charge in [-0.2, -0.15) is 0 Å². The molecule has 0 radical (unpaired) electrons. The second-order valence-corrected chi connectivity index (χ2v) is 8.43. The lowest BCUT2D eigenvalue weighted by Crippen LogP contribution is -2.21. The lowest BCUT2D eigenvalue weighted by Gasteiger charge is -2.10. The van der Waals surface area contributed by atoms with Crippen LogP contribution in [0, 0.1) is 13.8 Å². The Morgan fingerprint density at radius 1 is 0.684 bits per heavy atom. The van der Waals surface area contributed by atoms with E-state index in [0.717, 1.165) is 11.3 Å². The lowest BCUT2D eigenvalue weighted by molar-refractivity contribution is -0.147. The fourth-order valence-corrected chi connectivity index (χ4v) is 3.28. The van der Waals surface area contributed by atoms with Gasteiger partial charge < -0.3 is 24.8 Å². The third kappa shape index (κ3) is 8.77. The Labute approximate surface area is 221 Å². The van der Waals surface area contributed by atoms with E-state index in [0.29, 0.717) is 22.7 Å². The van der Waals surface area contributed by atoms with Crippen molar-refractivity contribution in [1.29, 1.82) is 0 Å². The molecule has 0 atom stereocenters. The highest BCUT2D eigenvalue weighted by atomic mass is 16.5. The smallest absolute Gasteiger partial charge is 0.338 e. The number of nitrogens with one attached hydrogen (secondary N) is 2. The van der Waals surface area contributed by atoms with Crippen LogP contribution < -0.4 is 15.4 Å². The molecule has 38 heavy (non-hydrogen) atoms. The number of benzene rings is 3. The standard InChI is InChI=1S/C29H30N2O7/c1-4-36-29(35)21-6-8-22(9-7-21)31-27(33)18-37-28(34)16-15-26(32)30-23-10-13-24(14-11-23)38-25-12-5-19(2)20(3)17-25/h5-14,17H,4,15-16,18H2,1-3H3,(H,30,32)(H,31,33). The number of carbonyl (C=O) groups is 4. The average Bonchev–Trinajstić information content (AvgIpc) is 2.90. The number of anilines is 2. The fraction of sp³-hybridized carbons (Fsp3) is 0.241. The maximum Gasteiger partial charge on any atom is 0.338 e. The largest absolute Gasteiger partial charge is 0.462 e. The van der Waals surface area contributed by atoms with Crippen LogP contribution in [0.15, 0.2) is 66.7 Å². The van der Waals surface area contributed by atoms with E-state index < -0.39 is 24.5 Å². The van der Waals surface area contributed by atoms with Crippen molar-refractivity contribution < 1.29 is 33.4 Å². The number of ether oxygens (including phenoxy) is 3. The first-order valence-corrected chi connectivity index (χ1v) is 12.1. The summed E-state index contributed by atoms with van der Waals surface area (Å²) in [6.07, 6.45) is -0.280. The number of hydrogen-bond acceptors (Lipinski definition) is 7. The van der Waals surface area contributed by atoms with Crippen LogP contribution in [-0.2, 0) is 23.9 Å². The number of carbonyl (C=O) groups excluding carboxylic acids is 4. The number of esters is 2. The van der Waals surface area contributed by atoms with Gasteiger partial charge in [0.1, 0.15) is 11.5 Å². The minimum absolute atomic E-state index is 0.101. The first kappa shape index (κ1) is 27.9. The normalized spacial score (nSPS) is 10.3.